The van der Waals surface area contributed by atoms with Gasteiger partial charge in [0.1, 0.15) is 0 Å². The zero-order valence-corrected chi connectivity index (χ0v) is 12.4. The number of likely N-dealkylation sites (N-methyl/N-ethyl adjacent to an activating group) is 1. The van der Waals surface area contributed by atoms with Crippen molar-refractivity contribution in [3.8, 4) is 0 Å². The molecule has 0 saturated heterocycles. The zero-order chi connectivity index (χ0) is 13.3. The van der Waals surface area contributed by atoms with Gasteiger partial charge in [-0.05, 0) is 26.3 Å². The molecule has 4 heteroatoms. The Morgan fingerprint density at radius 3 is 2.35 bits per heavy atom. The van der Waals surface area contributed by atoms with Gasteiger partial charge in [0.15, 0.2) is 5.96 Å². The molecule has 2 N–H and O–H groups in total. The molecule has 0 aromatic rings. The molecule has 0 heterocycles. The van der Waals surface area contributed by atoms with Crippen LogP contribution in [0.2, 0.25) is 0 Å². The molecule has 0 aliphatic carbocycles. The first-order valence-electron chi connectivity index (χ1n) is 6.66. The first-order valence-corrected chi connectivity index (χ1v) is 6.66. The lowest BCUT2D eigenvalue weighted by molar-refractivity contribution is 0.255. The van der Waals surface area contributed by atoms with E-state index in [0.29, 0.717) is 12.0 Å². The van der Waals surface area contributed by atoms with Gasteiger partial charge in [-0.1, -0.05) is 20.8 Å². The smallest absolute Gasteiger partial charge is 0.191 e. The Hall–Kier alpha value is -0.770. The Morgan fingerprint density at radius 1 is 1.24 bits per heavy atom. The van der Waals surface area contributed by atoms with Crippen molar-refractivity contribution in [3.05, 3.63) is 0 Å². The van der Waals surface area contributed by atoms with Crippen LogP contribution in [0.25, 0.3) is 0 Å². The Morgan fingerprint density at radius 2 is 1.88 bits per heavy atom. The maximum atomic E-state index is 4.20. The highest BCUT2D eigenvalue weighted by molar-refractivity contribution is 5.79. The second kappa shape index (κ2) is 9.28. The molecule has 1 unspecified atom stereocenters. The minimum atomic E-state index is 0.635. The van der Waals surface area contributed by atoms with Gasteiger partial charge in [-0.3, -0.25) is 4.99 Å². The lowest BCUT2D eigenvalue weighted by Gasteiger charge is -2.24. The summed E-state index contributed by atoms with van der Waals surface area (Å²) >= 11 is 0. The number of aliphatic imine (C=N–C) groups is 1. The fourth-order valence-electron chi connectivity index (χ4n) is 1.40. The van der Waals surface area contributed by atoms with Gasteiger partial charge in [0.2, 0.25) is 0 Å². The normalized spacial score (nSPS) is 14.2. The van der Waals surface area contributed by atoms with Crippen LogP contribution in [-0.4, -0.2) is 50.6 Å². The van der Waals surface area contributed by atoms with E-state index in [0.717, 1.165) is 25.6 Å². The molecule has 4 nitrogen and oxygen atoms in total. The van der Waals surface area contributed by atoms with Crippen LogP contribution >= 0.6 is 0 Å². The van der Waals surface area contributed by atoms with Gasteiger partial charge < -0.3 is 15.5 Å². The maximum absolute atomic E-state index is 4.20. The van der Waals surface area contributed by atoms with E-state index >= 15 is 0 Å². The summed E-state index contributed by atoms with van der Waals surface area (Å²) in [5.74, 6) is 1.53. The molecule has 17 heavy (non-hydrogen) atoms. The fraction of sp³-hybridized carbons (Fsp3) is 0.923. The van der Waals surface area contributed by atoms with Crippen LogP contribution < -0.4 is 10.6 Å². The predicted octanol–water partition coefficient (Wildman–Crippen LogP) is 1.54. The van der Waals surface area contributed by atoms with Gasteiger partial charge in [0.05, 0.1) is 0 Å². The molecule has 0 aromatic heterocycles. The summed E-state index contributed by atoms with van der Waals surface area (Å²) < 4.78 is 0. The summed E-state index contributed by atoms with van der Waals surface area (Å²) in [7, 11) is 3.98. The van der Waals surface area contributed by atoms with Gasteiger partial charge in [-0.2, -0.15) is 0 Å². The summed E-state index contributed by atoms with van der Waals surface area (Å²) in [5.41, 5.74) is 0. The minimum absolute atomic E-state index is 0.635. The predicted molar refractivity (Wildman–Crippen MR) is 76.6 cm³/mol. The van der Waals surface area contributed by atoms with E-state index in [1.807, 2.05) is 7.05 Å². The Labute approximate surface area is 107 Å². The van der Waals surface area contributed by atoms with Gasteiger partial charge in [0, 0.05) is 32.7 Å². The molecular weight excluding hydrogens is 212 g/mol. The number of nitrogens with zero attached hydrogens (tertiary/aromatic N) is 2. The first-order chi connectivity index (χ1) is 8.01. The summed E-state index contributed by atoms with van der Waals surface area (Å²) in [6.07, 6.45) is 1.19. The molecule has 0 bridgehead atoms. The third kappa shape index (κ3) is 8.02. The Kier molecular flexibility index (Phi) is 8.86. The zero-order valence-electron chi connectivity index (χ0n) is 12.4. The van der Waals surface area contributed by atoms with E-state index in [2.05, 4.69) is 55.3 Å². The van der Waals surface area contributed by atoms with Gasteiger partial charge >= 0.3 is 0 Å². The molecule has 1 atom stereocenters. The van der Waals surface area contributed by atoms with Gasteiger partial charge in [0.25, 0.3) is 0 Å². The third-order valence-electron chi connectivity index (χ3n) is 3.00. The summed E-state index contributed by atoms with van der Waals surface area (Å²) in [6, 6.07) is 0.641. The highest BCUT2D eigenvalue weighted by Crippen LogP contribution is 1.98. The monoisotopic (exact) mass is 242 g/mol. The molecule has 0 fully saturated rings. The molecule has 0 aromatic carbocycles. The van der Waals surface area contributed by atoms with E-state index in [1.165, 1.54) is 6.42 Å². The number of hydrogen-bond acceptors (Lipinski definition) is 2. The lowest BCUT2D eigenvalue weighted by atomic mass is 10.2. The largest absolute Gasteiger partial charge is 0.356 e. The van der Waals surface area contributed by atoms with E-state index < -0.39 is 0 Å². The molecule has 0 spiro atoms. The van der Waals surface area contributed by atoms with Crippen molar-refractivity contribution in [2.75, 3.05) is 33.7 Å². The first kappa shape index (κ1) is 16.2. The molecular formula is C13H30N4. The molecule has 0 radical (unpaired) electrons. The van der Waals surface area contributed by atoms with Crippen molar-refractivity contribution in [1.82, 2.24) is 15.5 Å². The molecule has 0 amide bonds. The Bertz CT molecular complexity index is 213. The molecule has 102 valence electrons. The van der Waals surface area contributed by atoms with Crippen molar-refractivity contribution in [2.24, 2.45) is 10.9 Å². The van der Waals surface area contributed by atoms with Crippen molar-refractivity contribution in [3.63, 3.8) is 0 Å². The molecule has 0 aliphatic heterocycles. The van der Waals surface area contributed by atoms with Crippen molar-refractivity contribution >= 4 is 5.96 Å². The minimum Gasteiger partial charge on any atom is -0.356 e. The second-order valence-electron chi connectivity index (χ2n) is 5.01. The van der Waals surface area contributed by atoms with Crippen molar-refractivity contribution < 1.29 is 0 Å². The average molecular weight is 242 g/mol. The number of rotatable bonds is 7. The van der Waals surface area contributed by atoms with E-state index in [9.17, 15) is 0 Å². The number of hydrogen-bond donors (Lipinski definition) is 2. The molecule has 0 saturated carbocycles. The van der Waals surface area contributed by atoms with Crippen LogP contribution in [0, 0.1) is 5.92 Å². The van der Waals surface area contributed by atoms with Crippen LogP contribution in [0.4, 0.5) is 0 Å². The molecule has 0 rings (SSSR count). The standard InChI is InChI=1S/C13H30N4/c1-7-12(4)17(6)9-8-15-13(14-5)16-10-11(2)3/h11-12H,7-10H2,1-6H3,(H2,14,15,16). The molecule has 0 aliphatic rings. The lowest BCUT2D eigenvalue weighted by Crippen LogP contribution is -2.43. The third-order valence-corrected chi connectivity index (χ3v) is 3.00. The SMILES string of the molecule is CCC(C)N(C)CCNC(=NC)NCC(C)C. The quantitative estimate of drug-likeness (QED) is 0.525. The second-order valence-corrected chi connectivity index (χ2v) is 5.01. The number of nitrogens with one attached hydrogen (secondary N) is 2. The summed E-state index contributed by atoms with van der Waals surface area (Å²) in [4.78, 5) is 6.56. The van der Waals surface area contributed by atoms with E-state index in [4.69, 9.17) is 0 Å². The van der Waals surface area contributed by atoms with Gasteiger partial charge in [-0.25, -0.2) is 0 Å². The highest BCUT2D eigenvalue weighted by Gasteiger charge is 2.06. The van der Waals surface area contributed by atoms with Crippen LogP contribution in [0.1, 0.15) is 34.1 Å². The topological polar surface area (TPSA) is 39.7 Å². The fourth-order valence-corrected chi connectivity index (χ4v) is 1.40. The average Bonchev–Trinajstić information content (AvgIpc) is 2.31. The Balaban J connectivity index is 3.77. The van der Waals surface area contributed by atoms with Crippen LogP contribution in [0.15, 0.2) is 4.99 Å². The summed E-state index contributed by atoms with van der Waals surface area (Å²) in [6.45, 7) is 11.8. The maximum Gasteiger partial charge on any atom is 0.191 e. The van der Waals surface area contributed by atoms with Crippen LogP contribution in [-0.2, 0) is 0 Å². The van der Waals surface area contributed by atoms with E-state index in [-0.39, 0.29) is 0 Å². The van der Waals surface area contributed by atoms with Gasteiger partial charge in [-0.15, -0.1) is 0 Å². The van der Waals surface area contributed by atoms with Crippen LogP contribution in [0.5, 0.6) is 0 Å². The number of guanidine groups is 1. The van der Waals surface area contributed by atoms with E-state index in [1.54, 1.807) is 0 Å². The van der Waals surface area contributed by atoms with Crippen LogP contribution in [0.3, 0.4) is 0 Å². The highest BCUT2D eigenvalue weighted by atomic mass is 15.2. The van der Waals surface area contributed by atoms with Crippen molar-refractivity contribution in [2.45, 2.75) is 40.2 Å². The summed E-state index contributed by atoms with van der Waals surface area (Å²) in [5, 5.41) is 6.64. The van der Waals surface area contributed by atoms with Crippen molar-refractivity contribution in [1.29, 1.82) is 0 Å².